The standard InChI is InChI=1S/C28H23FN4O3S/c1-33(2)24(34)14-17-5-7-18(8-6-17)25-22-11-13-37-27(22)26(32-31-25)21-10-9-20(29)15-23(21)36-16-19-4-3-12-30-28(19)35/h3-13,15H,14,16H2,1-2H3,(H,30,35). The molecule has 0 saturated carbocycles. The Kier molecular flexibility index (Phi) is 6.78. The van der Waals surface area contributed by atoms with Crippen molar-refractivity contribution in [3.05, 3.63) is 99.5 Å². The van der Waals surface area contributed by atoms with Gasteiger partial charge in [0.05, 0.1) is 16.7 Å². The number of hydrogen-bond donors (Lipinski definition) is 1. The summed E-state index contributed by atoms with van der Waals surface area (Å²) in [5.74, 6) is -0.151. The lowest BCUT2D eigenvalue weighted by molar-refractivity contribution is -0.127. The second kappa shape index (κ2) is 10.3. The Bertz CT molecular complexity index is 1640. The van der Waals surface area contributed by atoms with E-state index in [1.807, 2.05) is 35.7 Å². The van der Waals surface area contributed by atoms with Crippen LogP contribution in [0.3, 0.4) is 0 Å². The van der Waals surface area contributed by atoms with Crippen LogP contribution >= 0.6 is 11.3 Å². The van der Waals surface area contributed by atoms with Crippen molar-refractivity contribution in [2.75, 3.05) is 14.1 Å². The maximum absolute atomic E-state index is 14.2. The van der Waals surface area contributed by atoms with Crippen LogP contribution in [0.1, 0.15) is 11.1 Å². The summed E-state index contributed by atoms with van der Waals surface area (Å²) in [5.41, 5.74) is 3.82. The second-order valence-electron chi connectivity index (χ2n) is 8.68. The van der Waals surface area contributed by atoms with E-state index in [9.17, 15) is 14.0 Å². The summed E-state index contributed by atoms with van der Waals surface area (Å²) in [7, 11) is 3.47. The van der Waals surface area contributed by atoms with Crippen LogP contribution in [0, 0.1) is 5.82 Å². The quantitative estimate of drug-likeness (QED) is 0.328. The third kappa shape index (κ3) is 5.12. The lowest BCUT2D eigenvalue weighted by Crippen LogP contribution is -2.23. The lowest BCUT2D eigenvalue weighted by Gasteiger charge is -2.13. The number of aromatic nitrogens is 3. The van der Waals surface area contributed by atoms with Gasteiger partial charge in [-0.05, 0) is 41.3 Å². The summed E-state index contributed by atoms with van der Waals surface area (Å²) in [6.07, 6.45) is 1.87. The molecule has 5 aromatic rings. The molecule has 0 spiro atoms. The Morgan fingerprint density at radius 1 is 1.05 bits per heavy atom. The summed E-state index contributed by atoms with van der Waals surface area (Å²) in [6.45, 7) is -0.0194. The van der Waals surface area contributed by atoms with Gasteiger partial charge in [0, 0.05) is 42.9 Å². The molecular weight excluding hydrogens is 491 g/mol. The van der Waals surface area contributed by atoms with Crippen LogP contribution in [0.2, 0.25) is 0 Å². The van der Waals surface area contributed by atoms with Crippen LogP contribution in [0.15, 0.2) is 77.0 Å². The number of nitrogens with zero attached hydrogens (tertiary/aromatic N) is 3. The van der Waals surface area contributed by atoms with Gasteiger partial charge in [-0.3, -0.25) is 9.59 Å². The molecule has 7 nitrogen and oxygen atoms in total. The van der Waals surface area contributed by atoms with Gasteiger partial charge in [-0.15, -0.1) is 21.5 Å². The highest BCUT2D eigenvalue weighted by atomic mass is 32.1. The van der Waals surface area contributed by atoms with Crippen molar-refractivity contribution < 1.29 is 13.9 Å². The Morgan fingerprint density at radius 3 is 2.59 bits per heavy atom. The molecule has 5 rings (SSSR count). The number of ether oxygens (including phenoxy) is 1. The van der Waals surface area contributed by atoms with E-state index in [0.29, 0.717) is 28.9 Å². The van der Waals surface area contributed by atoms with Gasteiger partial charge in [0.25, 0.3) is 5.56 Å². The van der Waals surface area contributed by atoms with E-state index in [1.165, 1.54) is 23.5 Å². The third-order valence-electron chi connectivity index (χ3n) is 5.95. The number of rotatable bonds is 7. The van der Waals surface area contributed by atoms with Gasteiger partial charge in [0.15, 0.2) is 0 Å². The Hall–Kier alpha value is -4.37. The average molecular weight is 515 g/mol. The van der Waals surface area contributed by atoms with Gasteiger partial charge >= 0.3 is 0 Å². The molecule has 1 N–H and O–H groups in total. The van der Waals surface area contributed by atoms with Gasteiger partial charge in [-0.25, -0.2) is 4.39 Å². The molecule has 37 heavy (non-hydrogen) atoms. The molecule has 0 unspecified atom stereocenters. The summed E-state index contributed by atoms with van der Waals surface area (Å²) in [4.78, 5) is 28.2. The fourth-order valence-corrected chi connectivity index (χ4v) is 4.81. The molecule has 0 saturated heterocycles. The number of fused-ring (bicyclic) bond motifs is 1. The predicted octanol–water partition coefficient (Wildman–Crippen LogP) is 5.06. The van der Waals surface area contributed by atoms with E-state index in [4.69, 9.17) is 4.74 Å². The molecule has 0 bridgehead atoms. The van der Waals surface area contributed by atoms with E-state index >= 15 is 0 Å². The molecule has 0 aliphatic carbocycles. The van der Waals surface area contributed by atoms with E-state index in [2.05, 4.69) is 15.2 Å². The van der Waals surface area contributed by atoms with Gasteiger partial charge in [0.1, 0.15) is 29.6 Å². The van der Waals surface area contributed by atoms with Crippen LogP contribution in [-0.2, 0) is 17.8 Å². The van der Waals surface area contributed by atoms with Crippen LogP contribution in [-0.4, -0.2) is 40.1 Å². The van der Waals surface area contributed by atoms with Crippen molar-refractivity contribution >= 4 is 27.3 Å². The fraction of sp³-hybridized carbons (Fsp3) is 0.143. The number of pyridine rings is 1. The van der Waals surface area contributed by atoms with Crippen molar-refractivity contribution in [3.63, 3.8) is 0 Å². The first-order valence-electron chi connectivity index (χ1n) is 11.5. The number of H-pyrrole nitrogens is 1. The SMILES string of the molecule is CN(C)C(=O)Cc1ccc(-c2nnc(-c3ccc(F)cc3OCc3ccc[nH]c3=O)c3sccc23)cc1. The maximum atomic E-state index is 14.2. The van der Waals surface area contributed by atoms with Crippen LogP contribution < -0.4 is 10.3 Å². The largest absolute Gasteiger partial charge is 0.488 e. The number of nitrogens with one attached hydrogen (secondary N) is 1. The van der Waals surface area contributed by atoms with E-state index in [0.717, 1.165) is 21.2 Å². The zero-order valence-corrected chi connectivity index (χ0v) is 21.0. The first-order chi connectivity index (χ1) is 17.9. The first-order valence-corrected chi connectivity index (χ1v) is 12.4. The second-order valence-corrected chi connectivity index (χ2v) is 9.59. The number of aromatic amines is 1. The molecular formula is C28H23FN4O3S. The minimum Gasteiger partial charge on any atom is -0.488 e. The fourth-order valence-electron chi connectivity index (χ4n) is 3.92. The van der Waals surface area contributed by atoms with Gasteiger partial charge in [0.2, 0.25) is 5.91 Å². The highest BCUT2D eigenvalue weighted by molar-refractivity contribution is 7.17. The third-order valence-corrected chi connectivity index (χ3v) is 6.87. The maximum Gasteiger partial charge on any atom is 0.254 e. The van der Waals surface area contributed by atoms with Crippen LogP contribution in [0.25, 0.3) is 32.6 Å². The zero-order valence-electron chi connectivity index (χ0n) is 20.2. The van der Waals surface area contributed by atoms with Gasteiger partial charge in [-0.1, -0.05) is 24.3 Å². The monoisotopic (exact) mass is 514 g/mol. The van der Waals surface area contributed by atoms with E-state index in [1.54, 1.807) is 43.4 Å². The molecule has 3 aromatic heterocycles. The molecule has 2 aromatic carbocycles. The van der Waals surface area contributed by atoms with Crippen LogP contribution in [0.4, 0.5) is 4.39 Å². The minimum absolute atomic E-state index is 0.0194. The molecule has 9 heteroatoms. The van der Waals surface area contributed by atoms with E-state index < -0.39 is 5.82 Å². The smallest absolute Gasteiger partial charge is 0.254 e. The number of halogens is 1. The van der Waals surface area contributed by atoms with Crippen molar-refractivity contribution in [1.29, 1.82) is 0 Å². The molecule has 0 fully saturated rings. The molecule has 186 valence electrons. The zero-order chi connectivity index (χ0) is 25.9. The van der Waals surface area contributed by atoms with E-state index in [-0.39, 0.29) is 23.8 Å². The molecule has 0 aliphatic heterocycles. The van der Waals surface area contributed by atoms with Crippen molar-refractivity contribution in [2.24, 2.45) is 0 Å². The number of amides is 1. The number of likely N-dealkylation sites (N-methyl/N-ethyl adjacent to an activating group) is 1. The minimum atomic E-state index is -0.458. The van der Waals surface area contributed by atoms with Crippen LogP contribution in [0.5, 0.6) is 5.75 Å². The Labute approximate surface area is 216 Å². The number of thiophene rings is 1. The predicted molar refractivity (Wildman–Crippen MR) is 142 cm³/mol. The van der Waals surface area contributed by atoms with Crippen molar-refractivity contribution in [2.45, 2.75) is 13.0 Å². The Morgan fingerprint density at radius 2 is 1.84 bits per heavy atom. The molecule has 1 amide bonds. The number of carbonyl (C=O) groups excluding carboxylic acids is 1. The summed E-state index contributed by atoms with van der Waals surface area (Å²) >= 11 is 1.51. The summed E-state index contributed by atoms with van der Waals surface area (Å²) < 4.78 is 20.9. The topological polar surface area (TPSA) is 88.2 Å². The number of hydrogen-bond acceptors (Lipinski definition) is 6. The van der Waals surface area contributed by atoms with Crippen molar-refractivity contribution in [3.8, 4) is 28.3 Å². The first kappa shape index (κ1) is 24.3. The number of benzene rings is 2. The molecule has 3 heterocycles. The normalized spacial score (nSPS) is 11.0. The Balaban J connectivity index is 1.49. The molecule has 0 aliphatic rings. The highest BCUT2D eigenvalue weighted by Gasteiger charge is 2.18. The van der Waals surface area contributed by atoms with Gasteiger partial charge < -0.3 is 14.6 Å². The summed E-state index contributed by atoms with van der Waals surface area (Å²) in [6, 6.07) is 17.3. The number of carbonyl (C=O) groups is 1. The highest BCUT2D eigenvalue weighted by Crippen LogP contribution is 2.39. The van der Waals surface area contributed by atoms with Crippen molar-refractivity contribution in [1.82, 2.24) is 20.1 Å². The molecule has 0 atom stereocenters. The molecule has 0 radical (unpaired) electrons. The summed E-state index contributed by atoms with van der Waals surface area (Å²) in [5, 5.41) is 11.9. The van der Waals surface area contributed by atoms with Gasteiger partial charge in [-0.2, -0.15) is 0 Å². The lowest BCUT2D eigenvalue weighted by atomic mass is 10.0. The average Bonchev–Trinajstić information content (AvgIpc) is 3.39.